The number of ketones is 1. The second kappa shape index (κ2) is 5.27. The summed E-state index contributed by atoms with van der Waals surface area (Å²) in [6.45, 7) is 5.18. The third-order valence-corrected chi connectivity index (χ3v) is 5.06. The second-order valence-corrected chi connectivity index (χ2v) is 7.22. The van der Waals surface area contributed by atoms with Gasteiger partial charge in [0, 0.05) is 24.1 Å². The van der Waals surface area contributed by atoms with Gasteiger partial charge in [0.05, 0.1) is 5.75 Å². The highest BCUT2D eigenvalue weighted by Gasteiger charge is 2.34. The molecule has 1 heterocycles. The van der Waals surface area contributed by atoms with E-state index >= 15 is 0 Å². The lowest BCUT2D eigenvalue weighted by atomic mass is 9.78. The molecule has 0 radical (unpaired) electrons. The number of hydrogen-bond donors (Lipinski definition) is 1. The highest BCUT2D eigenvalue weighted by Crippen LogP contribution is 2.27. The van der Waals surface area contributed by atoms with Crippen molar-refractivity contribution in [2.24, 2.45) is 5.41 Å². The zero-order valence-electron chi connectivity index (χ0n) is 10.1. The van der Waals surface area contributed by atoms with Crippen molar-refractivity contribution < 1.29 is 13.2 Å². The van der Waals surface area contributed by atoms with Crippen molar-refractivity contribution in [3.8, 4) is 0 Å². The first-order valence-corrected chi connectivity index (χ1v) is 7.66. The molecule has 1 saturated heterocycles. The molecule has 1 fully saturated rings. The van der Waals surface area contributed by atoms with E-state index in [0.29, 0.717) is 6.54 Å². The molecule has 5 heteroatoms. The topological polar surface area (TPSA) is 63.2 Å². The molecule has 1 atom stereocenters. The number of carbonyl (C=O) groups excluding carboxylic acids is 1. The fourth-order valence-electron chi connectivity index (χ4n) is 1.99. The number of sulfone groups is 1. The summed E-state index contributed by atoms with van der Waals surface area (Å²) in [7, 11) is -3.02. The summed E-state index contributed by atoms with van der Waals surface area (Å²) >= 11 is 0. The van der Waals surface area contributed by atoms with Crippen LogP contribution in [0.1, 0.15) is 33.1 Å². The highest BCUT2D eigenvalue weighted by atomic mass is 32.2. The predicted molar refractivity (Wildman–Crippen MR) is 64.2 cm³/mol. The van der Waals surface area contributed by atoms with Gasteiger partial charge < -0.3 is 5.32 Å². The Morgan fingerprint density at radius 2 is 2.12 bits per heavy atom. The SMILES string of the molecule is CCS(=O)(=O)CCC(=O)C1(C)CCCNC1. The Balaban J connectivity index is 2.52. The average Bonchev–Trinajstić information content (AvgIpc) is 2.27. The van der Waals surface area contributed by atoms with Gasteiger partial charge in [0.25, 0.3) is 0 Å². The van der Waals surface area contributed by atoms with E-state index in [1.165, 1.54) is 0 Å². The van der Waals surface area contributed by atoms with Crippen LogP contribution in [0, 0.1) is 5.41 Å². The Morgan fingerprint density at radius 1 is 1.44 bits per heavy atom. The third-order valence-electron chi connectivity index (χ3n) is 3.35. The first kappa shape index (κ1) is 13.6. The molecule has 94 valence electrons. The van der Waals surface area contributed by atoms with Crippen molar-refractivity contribution in [3.05, 3.63) is 0 Å². The van der Waals surface area contributed by atoms with Crippen LogP contribution in [0.25, 0.3) is 0 Å². The van der Waals surface area contributed by atoms with E-state index in [1.54, 1.807) is 6.92 Å². The number of Topliss-reactive ketones (excluding diaryl/α,β-unsaturated/α-hetero) is 1. The first-order valence-electron chi connectivity index (χ1n) is 5.84. The van der Waals surface area contributed by atoms with Crippen LogP contribution < -0.4 is 5.32 Å². The van der Waals surface area contributed by atoms with Gasteiger partial charge in [-0.05, 0) is 19.4 Å². The molecule has 0 aromatic heterocycles. The molecule has 0 saturated carbocycles. The predicted octanol–water partition coefficient (Wildman–Crippen LogP) is 0.770. The quantitative estimate of drug-likeness (QED) is 0.779. The summed E-state index contributed by atoms with van der Waals surface area (Å²) in [4.78, 5) is 12.0. The van der Waals surface area contributed by atoms with Crippen molar-refractivity contribution in [1.29, 1.82) is 0 Å². The van der Waals surface area contributed by atoms with E-state index < -0.39 is 9.84 Å². The van der Waals surface area contributed by atoms with E-state index in [4.69, 9.17) is 0 Å². The number of piperidine rings is 1. The molecule has 0 amide bonds. The van der Waals surface area contributed by atoms with Gasteiger partial charge >= 0.3 is 0 Å². The van der Waals surface area contributed by atoms with Crippen molar-refractivity contribution in [1.82, 2.24) is 5.32 Å². The molecule has 0 spiro atoms. The molecule has 0 aromatic carbocycles. The Kier molecular flexibility index (Phi) is 4.50. The lowest BCUT2D eigenvalue weighted by molar-refractivity contribution is -0.128. The summed E-state index contributed by atoms with van der Waals surface area (Å²) in [6.07, 6.45) is 2.02. The van der Waals surface area contributed by atoms with Crippen LogP contribution in [0.2, 0.25) is 0 Å². The lowest BCUT2D eigenvalue weighted by Gasteiger charge is -2.32. The van der Waals surface area contributed by atoms with Crippen molar-refractivity contribution in [3.63, 3.8) is 0 Å². The minimum absolute atomic E-state index is 0.00206. The van der Waals surface area contributed by atoms with E-state index in [-0.39, 0.29) is 29.1 Å². The van der Waals surface area contributed by atoms with Gasteiger partial charge in [-0.15, -0.1) is 0 Å². The molecule has 1 unspecified atom stereocenters. The van der Waals surface area contributed by atoms with Gasteiger partial charge in [-0.1, -0.05) is 13.8 Å². The third kappa shape index (κ3) is 3.56. The van der Waals surface area contributed by atoms with Crippen LogP contribution in [0.15, 0.2) is 0 Å². The van der Waals surface area contributed by atoms with E-state index in [9.17, 15) is 13.2 Å². The summed E-state index contributed by atoms with van der Waals surface area (Å²) < 4.78 is 22.6. The van der Waals surface area contributed by atoms with Crippen LogP contribution in [-0.2, 0) is 14.6 Å². The van der Waals surface area contributed by atoms with Crippen LogP contribution in [0.4, 0.5) is 0 Å². The van der Waals surface area contributed by atoms with Gasteiger partial charge in [0.2, 0.25) is 0 Å². The summed E-state index contributed by atoms with van der Waals surface area (Å²) in [5, 5.41) is 3.20. The second-order valence-electron chi connectivity index (χ2n) is 4.75. The zero-order valence-corrected chi connectivity index (χ0v) is 10.9. The normalized spacial score (nSPS) is 26.6. The van der Waals surface area contributed by atoms with E-state index in [2.05, 4.69) is 5.32 Å². The molecule has 0 aromatic rings. The van der Waals surface area contributed by atoms with Crippen LogP contribution in [0.5, 0.6) is 0 Å². The maximum Gasteiger partial charge on any atom is 0.150 e. The van der Waals surface area contributed by atoms with Gasteiger partial charge in [-0.25, -0.2) is 8.42 Å². The van der Waals surface area contributed by atoms with Crippen molar-refractivity contribution >= 4 is 15.6 Å². The van der Waals surface area contributed by atoms with Crippen molar-refractivity contribution in [2.75, 3.05) is 24.6 Å². The Labute approximate surface area is 97.7 Å². The Morgan fingerprint density at radius 3 is 2.62 bits per heavy atom. The minimum atomic E-state index is -3.02. The van der Waals surface area contributed by atoms with Gasteiger partial charge in [-0.3, -0.25) is 4.79 Å². The fourth-order valence-corrected chi connectivity index (χ4v) is 2.77. The number of nitrogens with one attached hydrogen (secondary N) is 1. The number of rotatable bonds is 5. The molecule has 4 nitrogen and oxygen atoms in total. The van der Waals surface area contributed by atoms with Crippen LogP contribution in [-0.4, -0.2) is 38.8 Å². The highest BCUT2D eigenvalue weighted by molar-refractivity contribution is 7.91. The molecule has 0 bridgehead atoms. The smallest absolute Gasteiger partial charge is 0.150 e. The van der Waals surface area contributed by atoms with E-state index in [0.717, 1.165) is 19.4 Å². The molecule has 0 aliphatic carbocycles. The molecular weight excluding hydrogens is 226 g/mol. The molecule has 1 rings (SSSR count). The summed E-state index contributed by atoms with van der Waals surface area (Å²) in [5.74, 6) is 0.199. The number of carbonyl (C=O) groups is 1. The molecule has 1 aliphatic rings. The fraction of sp³-hybridized carbons (Fsp3) is 0.909. The molecule has 1 N–H and O–H groups in total. The van der Waals surface area contributed by atoms with Gasteiger partial charge in [0.1, 0.15) is 15.6 Å². The standard InChI is InChI=1S/C11H21NO3S/c1-3-16(14,15)8-5-10(13)11(2)6-4-7-12-9-11/h12H,3-9H2,1-2H3. The summed E-state index contributed by atoms with van der Waals surface area (Å²) in [6, 6.07) is 0. The van der Waals surface area contributed by atoms with Crippen LogP contribution >= 0.6 is 0 Å². The lowest BCUT2D eigenvalue weighted by Crippen LogP contribution is -2.43. The maximum atomic E-state index is 12.0. The monoisotopic (exact) mass is 247 g/mol. The number of hydrogen-bond acceptors (Lipinski definition) is 4. The molecule has 1 aliphatic heterocycles. The minimum Gasteiger partial charge on any atom is -0.316 e. The van der Waals surface area contributed by atoms with Gasteiger partial charge in [-0.2, -0.15) is 0 Å². The Bertz CT molecular complexity index is 342. The first-order chi connectivity index (χ1) is 7.40. The van der Waals surface area contributed by atoms with Crippen molar-refractivity contribution in [2.45, 2.75) is 33.1 Å². The Hall–Kier alpha value is -0.420. The molecular formula is C11H21NO3S. The van der Waals surface area contributed by atoms with Crippen LogP contribution in [0.3, 0.4) is 0 Å². The summed E-state index contributed by atoms with van der Waals surface area (Å²) in [5.41, 5.74) is -0.360. The molecule has 16 heavy (non-hydrogen) atoms. The average molecular weight is 247 g/mol. The largest absolute Gasteiger partial charge is 0.316 e. The van der Waals surface area contributed by atoms with Gasteiger partial charge in [0.15, 0.2) is 0 Å². The zero-order chi connectivity index (χ0) is 12.2. The van der Waals surface area contributed by atoms with E-state index in [1.807, 2.05) is 6.92 Å². The maximum absolute atomic E-state index is 12.0.